The van der Waals surface area contributed by atoms with E-state index in [1.807, 2.05) is 0 Å². The number of hydrogen-bond donors (Lipinski definition) is 0. The first kappa shape index (κ1) is 14.0. The second-order valence-corrected chi connectivity index (χ2v) is 7.20. The largest absolute Gasteiger partial charge is 0.372 e. The molecule has 0 aromatic carbocycles. The van der Waals surface area contributed by atoms with Gasteiger partial charge in [0.25, 0.3) is 0 Å². The molecule has 2 aliphatic carbocycles. The van der Waals surface area contributed by atoms with Crippen LogP contribution in [0.1, 0.15) is 52.4 Å². The van der Waals surface area contributed by atoms with E-state index in [1.54, 1.807) is 0 Å². The zero-order chi connectivity index (χ0) is 12.4. The first-order chi connectivity index (χ1) is 8.06. The summed E-state index contributed by atoms with van der Waals surface area (Å²) in [4.78, 5) is 0. The molecule has 3 heteroatoms. The van der Waals surface area contributed by atoms with Crippen molar-refractivity contribution in [1.82, 2.24) is 0 Å². The lowest BCUT2D eigenvalue weighted by Crippen LogP contribution is -2.40. The Morgan fingerprint density at radius 1 is 0.765 bits per heavy atom. The summed E-state index contributed by atoms with van der Waals surface area (Å²) in [6.45, 7) is 4.55. The summed E-state index contributed by atoms with van der Waals surface area (Å²) in [6, 6.07) is 0. The Bertz CT molecular complexity index is 222. The third-order valence-corrected chi connectivity index (χ3v) is 5.22. The van der Waals surface area contributed by atoms with Crippen molar-refractivity contribution >= 4 is 23.2 Å². The third kappa shape index (κ3) is 3.75. The van der Waals surface area contributed by atoms with E-state index in [0.29, 0.717) is 0 Å². The van der Waals surface area contributed by atoms with Crippen molar-refractivity contribution in [3.8, 4) is 0 Å². The fourth-order valence-corrected chi connectivity index (χ4v) is 4.08. The predicted octanol–water partition coefficient (Wildman–Crippen LogP) is 4.60. The molecule has 1 nitrogen and oxygen atoms in total. The van der Waals surface area contributed by atoms with Gasteiger partial charge >= 0.3 is 0 Å². The molecule has 100 valence electrons. The zero-order valence-corrected chi connectivity index (χ0v) is 12.4. The fourth-order valence-electron chi connectivity index (χ4n) is 3.10. The van der Waals surface area contributed by atoms with E-state index >= 15 is 0 Å². The Labute approximate surface area is 115 Å². The minimum Gasteiger partial charge on any atom is -0.372 e. The van der Waals surface area contributed by atoms with E-state index in [-0.39, 0.29) is 23.0 Å². The maximum Gasteiger partial charge on any atom is 0.0743 e. The maximum absolute atomic E-state index is 6.41. The van der Waals surface area contributed by atoms with Crippen LogP contribution in [-0.4, -0.2) is 23.0 Å². The summed E-state index contributed by atoms with van der Waals surface area (Å²) in [5.41, 5.74) is 0. The summed E-state index contributed by atoms with van der Waals surface area (Å²) in [7, 11) is 0. The van der Waals surface area contributed by atoms with Crippen LogP contribution in [0, 0.1) is 11.8 Å². The average Bonchev–Trinajstić information content (AvgIpc) is 2.25. The predicted molar refractivity (Wildman–Crippen MR) is 74.0 cm³/mol. The van der Waals surface area contributed by atoms with Crippen molar-refractivity contribution < 1.29 is 4.74 Å². The van der Waals surface area contributed by atoms with Crippen molar-refractivity contribution in [3.05, 3.63) is 0 Å². The van der Waals surface area contributed by atoms with Crippen LogP contribution in [0.5, 0.6) is 0 Å². The highest BCUT2D eigenvalue weighted by Gasteiger charge is 2.34. The van der Waals surface area contributed by atoms with E-state index in [1.165, 1.54) is 12.8 Å². The van der Waals surface area contributed by atoms with E-state index in [0.717, 1.165) is 37.5 Å². The topological polar surface area (TPSA) is 9.23 Å². The van der Waals surface area contributed by atoms with E-state index in [9.17, 15) is 0 Å². The molecule has 2 aliphatic rings. The van der Waals surface area contributed by atoms with Crippen LogP contribution in [0.2, 0.25) is 0 Å². The quantitative estimate of drug-likeness (QED) is 0.671. The summed E-state index contributed by atoms with van der Waals surface area (Å²) in [6.07, 6.45) is 7.31. The average molecular weight is 279 g/mol. The highest BCUT2D eigenvalue weighted by atomic mass is 35.5. The Kier molecular flexibility index (Phi) is 5.03. The van der Waals surface area contributed by atoms with Gasteiger partial charge in [-0.05, 0) is 50.4 Å². The molecule has 2 fully saturated rings. The highest BCUT2D eigenvalue weighted by molar-refractivity contribution is 6.21. The van der Waals surface area contributed by atoms with Crippen LogP contribution in [0.3, 0.4) is 0 Å². The number of ether oxygens (including phenoxy) is 1. The van der Waals surface area contributed by atoms with Gasteiger partial charge in [-0.1, -0.05) is 13.8 Å². The first-order valence-electron chi connectivity index (χ1n) is 7.00. The van der Waals surface area contributed by atoms with Gasteiger partial charge in [-0.15, -0.1) is 23.2 Å². The van der Waals surface area contributed by atoms with Gasteiger partial charge in [0.1, 0.15) is 0 Å². The number of halogens is 2. The minimum atomic E-state index is 0.182. The van der Waals surface area contributed by atoms with E-state index in [4.69, 9.17) is 27.9 Å². The van der Waals surface area contributed by atoms with Crippen LogP contribution in [-0.2, 0) is 4.74 Å². The van der Waals surface area contributed by atoms with Crippen molar-refractivity contribution in [3.63, 3.8) is 0 Å². The van der Waals surface area contributed by atoms with E-state index in [2.05, 4.69) is 13.8 Å². The minimum absolute atomic E-state index is 0.182. The lowest BCUT2D eigenvalue weighted by molar-refractivity contribution is -0.0501. The van der Waals surface area contributed by atoms with Gasteiger partial charge in [0.2, 0.25) is 0 Å². The molecule has 17 heavy (non-hydrogen) atoms. The van der Waals surface area contributed by atoms with Crippen LogP contribution in [0.15, 0.2) is 0 Å². The second-order valence-electron chi connectivity index (χ2n) is 6.08. The van der Waals surface area contributed by atoms with Gasteiger partial charge in [0.15, 0.2) is 0 Å². The molecule has 2 rings (SSSR count). The molecule has 0 radical (unpaired) electrons. The normalized spacial score (nSPS) is 48.0. The lowest BCUT2D eigenvalue weighted by Gasteiger charge is -2.38. The second kappa shape index (κ2) is 6.12. The zero-order valence-electron chi connectivity index (χ0n) is 10.9. The smallest absolute Gasteiger partial charge is 0.0743 e. The Morgan fingerprint density at radius 3 is 1.53 bits per heavy atom. The van der Waals surface area contributed by atoms with E-state index < -0.39 is 0 Å². The van der Waals surface area contributed by atoms with Crippen molar-refractivity contribution in [2.24, 2.45) is 11.8 Å². The summed E-state index contributed by atoms with van der Waals surface area (Å²) in [5.74, 6) is 1.49. The van der Waals surface area contributed by atoms with Crippen LogP contribution in [0.25, 0.3) is 0 Å². The van der Waals surface area contributed by atoms with Gasteiger partial charge in [-0.3, -0.25) is 0 Å². The molecule has 2 saturated carbocycles. The Balaban J connectivity index is 1.84. The van der Waals surface area contributed by atoms with Crippen molar-refractivity contribution in [2.75, 3.05) is 0 Å². The molecule has 0 aromatic rings. The third-order valence-electron chi connectivity index (χ3n) is 4.30. The lowest BCUT2D eigenvalue weighted by atomic mass is 9.86. The standard InChI is InChI=1S/C14H24Cl2O/c1-9-3-5-13(11(15)7-9)17-14-6-4-10(2)8-12(14)16/h9-14H,3-8H2,1-2H3. The van der Waals surface area contributed by atoms with Crippen LogP contribution < -0.4 is 0 Å². The molecule has 0 saturated heterocycles. The molecular formula is C14H24Cl2O. The van der Waals surface area contributed by atoms with Crippen molar-refractivity contribution in [2.45, 2.75) is 75.3 Å². The summed E-state index contributed by atoms with van der Waals surface area (Å²) < 4.78 is 6.19. The molecule has 6 unspecified atom stereocenters. The van der Waals surface area contributed by atoms with Gasteiger partial charge in [-0.2, -0.15) is 0 Å². The van der Waals surface area contributed by atoms with Crippen molar-refractivity contribution in [1.29, 1.82) is 0 Å². The fraction of sp³-hybridized carbons (Fsp3) is 1.00. The van der Waals surface area contributed by atoms with Gasteiger partial charge < -0.3 is 4.74 Å². The van der Waals surface area contributed by atoms with Gasteiger partial charge in [-0.25, -0.2) is 0 Å². The number of alkyl halides is 2. The molecule has 0 aromatic heterocycles. The first-order valence-corrected chi connectivity index (χ1v) is 7.87. The maximum atomic E-state index is 6.41. The summed E-state index contributed by atoms with van der Waals surface area (Å²) in [5, 5.41) is 0.365. The molecule has 0 spiro atoms. The van der Waals surface area contributed by atoms with Crippen LogP contribution >= 0.6 is 23.2 Å². The molecule has 0 amide bonds. The Hall–Kier alpha value is 0.540. The Morgan fingerprint density at radius 2 is 1.18 bits per heavy atom. The van der Waals surface area contributed by atoms with Gasteiger partial charge in [0, 0.05) is 0 Å². The monoisotopic (exact) mass is 278 g/mol. The molecule has 0 aliphatic heterocycles. The molecular weight excluding hydrogens is 255 g/mol. The molecule has 0 bridgehead atoms. The number of hydrogen-bond acceptors (Lipinski definition) is 1. The molecule has 6 atom stereocenters. The summed E-state index contributed by atoms with van der Waals surface area (Å²) >= 11 is 12.8. The SMILES string of the molecule is CC1CCC(OC2CCC(C)CC2Cl)C(Cl)C1. The molecule has 0 N–H and O–H groups in total. The highest BCUT2D eigenvalue weighted by Crippen LogP contribution is 2.35. The van der Waals surface area contributed by atoms with Gasteiger partial charge in [0.05, 0.1) is 23.0 Å². The number of rotatable bonds is 2. The van der Waals surface area contributed by atoms with Crippen LogP contribution in [0.4, 0.5) is 0 Å². The molecule has 0 heterocycles.